The number of rotatable bonds is 9. The smallest absolute Gasteiger partial charge is 0.225 e. The van der Waals surface area contributed by atoms with E-state index in [0.717, 1.165) is 33.6 Å². The molecule has 1 heterocycles. The first-order valence-electron chi connectivity index (χ1n) is 12.2. The number of thioether (sulfide) groups is 1. The second-order valence-electron chi connectivity index (χ2n) is 8.65. The number of nitrogens with one attached hydrogen (secondary N) is 1. The van der Waals surface area contributed by atoms with E-state index in [4.69, 9.17) is 14.5 Å². The van der Waals surface area contributed by atoms with Crippen LogP contribution in [0.2, 0.25) is 0 Å². The van der Waals surface area contributed by atoms with Crippen LogP contribution in [0.3, 0.4) is 0 Å². The Bertz CT molecular complexity index is 1500. The summed E-state index contributed by atoms with van der Waals surface area (Å²) in [4.78, 5) is 17.6. The van der Waals surface area contributed by atoms with Gasteiger partial charge in [0.15, 0.2) is 11.5 Å². The second kappa shape index (κ2) is 12.3. The summed E-state index contributed by atoms with van der Waals surface area (Å²) in [6.07, 6.45) is 0.276. The number of anilines is 1. The van der Waals surface area contributed by atoms with Gasteiger partial charge in [-0.2, -0.15) is 5.26 Å². The molecule has 0 atom stereocenters. The monoisotopic (exact) mass is 523 g/mol. The summed E-state index contributed by atoms with van der Waals surface area (Å²) in [5, 5.41) is 13.8. The van der Waals surface area contributed by atoms with E-state index in [-0.39, 0.29) is 12.3 Å². The third-order valence-corrected chi connectivity index (χ3v) is 7.28. The molecule has 1 amide bonds. The molecule has 0 spiro atoms. The summed E-state index contributed by atoms with van der Waals surface area (Å²) in [6.45, 7) is 4.01. The number of ether oxygens (including phenoxy) is 2. The number of para-hydroxylation sites is 1. The van der Waals surface area contributed by atoms with Crippen LogP contribution in [0.25, 0.3) is 22.4 Å². The lowest BCUT2D eigenvalue weighted by atomic mass is 9.98. The molecule has 1 N–H and O–H groups in total. The Morgan fingerprint density at radius 3 is 2.45 bits per heavy atom. The molecule has 0 aliphatic carbocycles. The second-order valence-corrected chi connectivity index (χ2v) is 9.73. The minimum atomic E-state index is -0.0846. The quantitative estimate of drug-likeness (QED) is 0.237. The van der Waals surface area contributed by atoms with Gasteiger partial charge in [0.05, 0.1) is 25.5 Å². The maximum atomic E-state index is 12.7. The van der Waals surface area contributed by atoms with Crippen LogP contribution in [0, 0.1) is 25.2 Å². The normalized spacial score (nSPS) is 10.5. The fourth-order valence-electron chi connectivity index (χ4n) is 4.14. The highest BCUT2D eigenvalue weighted by Crippen LogP contribution is 2.42. The average molecular weight is 524 g/mol. The van der Waals surface area contributed by atoms with Gasteiger partial charge in [-0.15, -0.1) is 11.8 Å². The Morgan fingerprint density at radius 1 is 0.974 bits per heavy atom. The molecule has 0 saturated carbocycles. The van der Waals surface area contributed by atoms with Crippen LogP contribution in [0.1, 0.15) is 23.1 Å². The molecule has 0 bridgehead atoms. The van der Waals surface area contributed by atoms with Gasteiger partial charge >= 0.3 is 0 Å². The van der Waals surface area contributed by atoms with Gasteiger partial charge in [-0.05, 0) is 43.2 Å². The first-order chi connectivity index (χ1) is 18.5. The molecule has 192 valence electrons. The van der Waals surface area contributed by atoms with Crippen molar-refractivity contribution in [1.29, 1.82) is 5.26 Å². The first-order valence-corrected chi connectivity index (χ1v) is 13.2. The lowest BCUT2D eigenvalue weighted by molar-refractivity contribution is -0.115. The zero-order valence-electron chi connectivity index (χ0n) is 21.9. The predicted molar refractivity (Wildman–Crippen MR) is 153 cm³/mol. The molecule has 4 aromatic rings. The summed E-state index contributed by atoms with van der Waals surface area (Å²) in [6, 6.07) is 25.5. The van der Waals surface area contributed by atoms with Crippen LogP contribution in [0.15, 0.2) is 77.8 Å². The zero-order chi connectivity index (χ0) is 27.1. The van der Waals surface area contributed by atoms with E-state index in [1.165, 1.54) is 11.8 Å². The molecule has 0 unspecified atom stereocenters. The highest BCUT2D eigenvalue weighted by Gasteiger charge is 2.20. The number of nitrogens with zero attached hydrogens (tertiary/aromatic N) is 2. The molecular weight excluding hydrogens is 494 g/mol. The topological polar surface area (TPSA) is 84.2 Å². The van der Waals surface area contributed by atoms with Gasteiger partial charge in [-0.3, -0.25) is 4.79 Å². The molecule has 0 aliphatic rings. The van der Waals surface area contributed by atoms with E-state index in [1.54, 1.807) is 14.2 Å². The Kier molecular flexibility index (Phi) is 8.67. The van der Waals surface area contributed by atoms with E-state index in [1.807, 2.05) is 86.6 Å². The van der Waals surface area contributed by atoms with Crippen molar-refractivity contribution in [3.8, 4) is 40.0 Å². The fraction of sp³-hybridized carbons (Fsp3) is 0.194. The fourth-order valence-corrected chi connectivity index (χ4v) is 5.09. The molecule has 0 radical (unpaired) electrons. The Balaban J connectivity index is 1.68. The number of pyridine rings is 1. The number of hydrogen-bond donors (Lipinski definition) is 1. The number of benzene rings is 3. The highest BCUT2D eigenvalue weighted by molar-refractivity contribution is 7.99. The van der Waals surface area contributed by atoms with Crippen LogP contribution in [0.5, 0.6) is 11.5 Å². The number of nitriles is 1. The van der Waals surface area contributed by atoms with Crippen LogP contribution in [0.4, 0.5) is 5.69 Å². The highest BCUT2D eigenvalue weighted by atomic mass is 32.2. The molecule has 1 aromatic heterocycles. The number of aromatic nitrogens is 1. The number of amides is 1. The lowest BCUT2D eigenvalue weighted by Gasteiger charge is -2.16. The van der Waals surface area contributed by atoms with Gasteiger partial charge in [0.1, 0.15) is 11.1 Å². The van der Waals surface area contributed by atoms with E-state index in [2.05, 4.69) is 11.4 Å². The Labute approximate surface area is 227 Å². The van der Waals surface area contributed by atoms with Crippen LogP contribution < -0.4 is 14.8 Å². The van der Waals surface area contributed by atoms with Gasteiger partial charge in [0.2, 0.25) is 5.91 Å². The minimum absolute atomic E-state index is 0.0846. The Hall–Kier alpha value is -4.28. The third kappa shape index (κ3) is 5.82. The van der Waals surface area contributed by atoms with Crippen molar-refractivity contribution in [2.24, 2.45) is 0 Å². The summed E-state index contributed by atoms with van der Waals surface area (Å²) < 4.78 is 11.2. The van der Waals surface area contributed by atoms with Crippen molar-refractivity contribution in [2.75, 3.05) is 25.3 Å². The van der Waals surface area contributed by atoms with Crippen LogP contribution >= 0.6 is 11.8 Å². The van der Waals surface area contributed by atoms with E-state index in [9.17, 15) is 10.1 Å². The average Bonchev–Trinajstić information content (AvgIpc) is 2.95. The predicted octanol–water partition coefficient (Wildman–Crippen LogP) is 7.04. The molecule has 0 aliphatic heterocycles. The van der Waals surface area contributed by atoms with Crippen LogP contribution in [-0.4, -0.2) is 30.9 Å². The van der Waals surface area contributed by atoms with Gasteiger partial charge in [0, 0.05) is 34.6 Å². The molecular formula is C31H29N3O3S. The zero-order valence-corrected chi connectivity index (χ0v) is 22.7. The largest absolute Gasteiger partial charge is 0.493 e. The number of carbonyl (C=O) groups is 1. The maximum Gasteiger partial charge on any atom is 0.225 e. The Morgan fingerprint density at radius 2 is 1.74 bits per heavy atom. The summed E-state index contributed by atoms with van der Waals surface area (Å²) in [5.74, 6) is 1.49. The van der Waals surface area contributed by atoms with Crippen LogP contribution in [-0.2, 0) is 4.79 Å². The summed E-state index contributed by atoms with van der Waals surface area (Å²) in [7, 11) is 3.16. The van der Waals surface area contributed by atoms with Crippen molar-refractivity contribution >= 4 is 23.4 Å². The summed E-state index contributed by atoms with van der Waals surface area (Å²) in [5.41, 5.74) is 6.50. The van der Waals surface area contributed by atoms with Crippen molar-refractivity contribution in [2.45, 2.75) is 25.3 Å². The van der Waals surface area contributed by atoms with Gasteiger partial charge < -0.3 is 14.8 Å². The first kappa shape index (κ1) is 26.8. The SMILES string of the molecule is COc1cccc(-c2cc(-c3ccccc3)nc(SCCC(=O)Nc3cccc(C)c3C)c2C#N)c1OC. The number of carbonyl (C=O) groups excluding carboxylic acids is 1. The van der Waals surface area contributed by atoms with Gasteiger partial charge in [-0.25, -0.2) is 4.98 Å². The molecule has 3 aromatic carbocycles. The minimum Gasteiger partial charge on any atom is -0.493 e. The van der Waals surface area contributed by atoms with E-state index >= 15 is 0 Å². The molecule has 38 heavy (non-hydrogen) atoms. The lowest BCUT2D eigenvalue weighted by Crippen LogP contribution is -2.13. The summed E-state index contributed by atoms with van der Waals surface area (Å²) >= 11 is 1.39. The molecule has 7 heteroatoms. The number of methoxy groups -OCH3 is 2. The van der Waals surface area contributed by atoms with Gasteiger partial charge in [-0.1, -0.05) is 54.6 Å². The number of hydrogen-bond acceptors (Lipinski definition) is 6. The van der Waals surface area contributed by atoms with Gasteiger partial charge in [0.25, 0.3) is 0 Å². The standard InChI is InChI=1S/C31H29N3O3S/c1-20-10-8-14-26(21(20)2)33-29(35)16-17-38-31-25(19-32)24(18-27(34-31)22-11-6-5-7-12-22)23-13-9-15-28(36-3)30(23)37-4/h5-15,18H,16-17H2,1-4H3,(H,33,35). The molecule has 0 fully saturated rings. The third-order valence-electron chi connectivity index (χ3n) is 6.31. The molecule has 4 rings (SSSR count). The van der Waals surface area contributed by atoms with Crippen molar-refractivity contribution in [3.63, 3.8) is 0 Å². The van der Waals surface area contributed by atoms with Crippen molar-refractivity contribution in [1.82, 2.24) is 4.98 Å². The number of aryl methyl sites for hydroxylation is 1. The molecule has 0 saturated heterocycles. The molecule has 6 nitrogen and oxygen atoms in total. The van der Waals surface area contributed by atoms with E-state index in [0.29, 0.717) is 33.4 Å². The van der Waals surface area contributed by atoms with Crippen molar-refractivity contribution in [3.05, 3.63) is 89.5 Å². The van der Waals surface area contributed by atoms with E-state index < -0.39 is 0 Å². The van der Waals surface area contributed by atoms with Crippen molar-refractivity contribution < 1.29 is 14.3 Å². The maximum absolute atomic E-state index is 12.7.